The number of pyridine rings is 1. The van der Waals surface area contributed by atoms with Gasteiger partial charge in [-0.3, -0.25) is 9.78 Å². The van der Waals surface area contributed by atoms with E-state index in [1.165, 1.54) is 12.8 Å². The van der Waals surface area contributed by atoms with Crippen LogP contribution in [0.2, 0.25) is 0 Å². The zero-order chi connectivity index (χ0) is 15.4. The Morgan fingerprint density at radius 2 is 2.27 bits per heavy atom. The van der Waals surface area contributed by atoms with E-state index >= 15 is 0 Å². The lowest BCUT2D eigenvalue weighted by Crippen LogP contribution is -2.47. The number of likely N-dealkylation sites (tertiary alicyclic amines) is 2. The first-order valence-corrected chi connectivity index (χ1v) is 8.13. The van der Waals surface area contributed by atoms with E-state index in [0.717, 1.165) is 45.8 Å². The maximum absolute atomic E-state index is 12.6. The second-order valence-electron chi connectivity index (χ2n) is 6.59. The van der Waals surface area contributed by atoms with Crippen molar-refractivity contribution in [1.29, 1.82) is 0 Å². The molecule has 1 amide bonds. The number of amides is 1. The highest BCUT2D eigenvalue weighted by Crippen LogP contribution is 2.39. The summed E-state index contributed by atoms with van der Waals surface area (Å²) < 4.78 is 5.18. The van der Waals surface area contributed by atoms with Crippen LogP contribution in [0, 0.1) is 5.41 Å². The smallest absolute Gasteiger partial charge is 0.255 e. The van der Waals surface area contributed by atoms with Gasteiger partial charge in [-0.05, 0) is 37.9 Å². The van der Waals surface area contributed by atoms with Gasteiger partial charge in [0.25, 0.3) is 5.91 Å². The molecule has 5 heteroatoms. The van der Waals surface area contributed by atoms with Gasteiger partial charge >= 0.3 is 0 Å². The minimum Gasteiger partial charge on any atom is -0.383 e. The number of carbonyl (C=O) groups is 1. The summed E-state index contributed by atoms with van der Waals surface area (Å²) in [7, 11) is 1.75. The molecular weight excluding hydrogens is 278 g/mol. The molecule has 0 radical (unpaired) electrons. The van der Waals surface area contributed by atoms with Crippen LogP contribution >= 0.6 is 0 Å². The number of hydrogen-bond acceptors (Lipinski definition) is 4. The Kier molecular flexibility index (Phi) is 4.74. The highest BCUT2D eigenvalue weighted by Gasteiger charge is 2.42. The van der Waals surface area contributed by atoms with Crippen LogP contribution in [0.3, 0.4) is 0 Å². The highest BCUT2D eigenvalue weighted by molar-refractivity contribution is 5.93. The first-order valence-electron chi connectivity index (χ1n) is 8.13. The summed E-state index contributed by atoms with van der Waals surface area (Å²) in [5, 5.41) is 0. The number of ether oxygens (including phenoxy) is 1. The number of nitrogens with zero attached hydrogens (tertiary/aromatic N) is 3. The molecular formula is C17H25N3O2. The number of carbonyl (C=O) groups excluding carboxylic acids is 1. The summed E-state index contributed by atoms with van der Waals surface area (Å²) in [6.07, 6.45) is 6.90. The summed E-state index contributed by atoms with van der Waals surface area (Å²) in [5.41, 5.74) is 0.984. The van der Waals surface area contributed by atoms with Gasteiger partial charge in [-0.15, -0.1) is 0 Å². The minimum atomic E-state index is 0.127. The molecule has 1 spiro atoms. The van der Waals surface area contributed by atoms with Crippen LogP contribution in [-0.2, 0) is 4.74 Å². The Balaban J connectivity index is 1.64. The third-order valence-electron chi connectivity index (χ3n) is 4.99. The van der Waals surface area contributed by atoms with Crippen molar-refractivity contribution in [3.8, 4) is 0 Å². The van der Waals surface area contributed by atoms with Gasteiger partial charge in [0, 0.05) is 51.1 Å². The van der Waals surface area contributed by atoms with E-state index in [-0.39, 0.29) is 11.3 Å². The van der Waals surface area contributed by atoms with E-state index in [1.807, 2.05) is 17.0 Å². The molecule has 0 aliphatic carbocycles. The van der Waals surface area contributed by atoms with E-state index < -0.39 is 0 Å². The first-order chi connectivity index (χ1) is 10.7. The molecule has 2 aliphatic rings. The van der Waals surface area contributed by atoms with Crippen LogP contribution in [0.1, 0.15) is 29.6 Å². The van der Waals surface area contributed by atoms with Crippen molar-refractivity contribution in [2.45, 2.75) is 19.3 Å². The third-order valence-corrected chi connectivity index (χ3v) is 4.99. The van der Waals surface area contributed by atoms with E-state index in [2.05, 4.69) is 9.88 Å². The number of methoxy groups -OCH3 is 1. The summed E-state index contributed by atoms with van der Waals surface area (Å²) >= 11 is 0. The molecule has 2 saturated heterocycles. The number of piperidine rings is 1. The van der Waals surface area contributed by atoms with Crippen molar-refractivity contribution < 1.29 is 9.53 Å². The number of rotatable bonds is 4. The van der Waals surface area contributed by atoms with Gasteiger partial charge in [-0.25, -0.2) is 0 Å². The van der Waals surface area contributed by atoms with Gasteiger partial charge in [0.05, 0.1) is 12.2 Å². The van der Waals surface area contributed by atoms with E-state index in [4.69, 9.17) is 4.74 Å². The van der Waals surface area contributed by atoms with Crippen LogP contribution in [-0.4, -0.2) is 67.1 Å². The van der Waals surface area contributed by atoms with Crippen molar-refractivity contribution in [2.24, 2.45) is 5.41 Å². The Bertz CT molecular complexity index is 508. The Labute approximate surface area is 132 Å². The molecule has 5 nitrogen and oxygen atoms in total. The Hall–Kier alpha value is -1.46. The van der Waals surface area contributed by atoms with Gasteiger partial charge in [-0.2, -0.15) is 0 Å². The molecule has 2 aliphatic heterocycles. The van der Waals surface area contributed by atoms with Crippen LogP contribution in [0.25, 0.3) is 0 Å². The molecule has 22 heavy (non-hydrogen) atoms. The zero-order valence-electron chi connectivity index (χ0n) is 13.3. The zero-order valence-corrected chi connectivity index (χ0v) is 13.3. The van der Waals surface area contributed by atoms with Gasteiger partial charge in [0.1, 0.15) is 0 Å². The molecule has 3 heterocycles. The maximum Gasteiger partial charge on any atom is 0.255 e. The van der Waals surface area contributed by atoms with Crippen molar-refractivity contribution in [3.05, 3.63) is 30.1 Å². The quantitative estimate of drug-likeness (QED) is 0.848. The molecule has 2 fully saturated rings. The fourth-order valence-electron chi connectivity index (χ4n) is 3.83. The van der Waals surface area contributed by atoms with Gasteiger partial charge in [0.2, 0.25) is 0 Å². The average molecular weight is 303 g/mol. The van der Waals surface area contributed by atoms with E-state index in [1.54, 1.807) is 19.5 Å². The molecule has 0 aromatic carbocycles. The lowest BCUT2D eigenvalue weighted by Gasteiger charge is -2.40. The summed E-state index contributed by atoms with van der Waals surface area (Å²) in [4.78, 5) is 21.2. The summed E-state index contributed by atoms with van der Waals surface area (Å²) in [5.74, 6) is 0.127. The molecule has 1 atom stereocenters. The van der Waals surface area contributed by atoms with Gasteiger partial charge < -0.3 is 14.5 Å². The van der Waals surface area contributed by atoms with E-state index in [0.29, 0.717) is 5.56 Å². The number of hydrogen-bond donors (Lipinski definition) is 0. The maximum atomic E-state index is 12.6. The standard InChI is InChI=1S/C17H25N3O2/c1-22-11-10-19-9-6-17(13-19)5-3-8-20(14-17)16(21)15-4-2-7-18-12-15/h2,4,7,12H,3,5-6,8-11,13-14H2,1H3/t17-/m1/s1. The predicted molar refractivity (Wildman–Crippen MR) is 84.7 cm³/mol. The highest BCUT2D eigenvalue weighted by atomic mass is 16.5. The Morgan fingerprint density at radius 3 is 3.05 bits per heavy atom. The monoisotopic (exact) mass is 303 g/mol. The van der Waals surface area contributed by atoms with E-state index in [9.17, 15) is 4.79 Å². The number of aromatic nitrogens is 1. The molecule has 1 aromatic rings. The van der Waals surface area contributed by atoms with Crippen LogP contribution in [0.15, 0.2) is 24.5 Å². The molecule has 0 bridgehead atoms. The van der Waals surface area contributed by atoms with Crippen LogP contribution < -0.4 is 0 Å². The van der Waals surface area contributed by atoms with Crippen molar-refractivity contribution in [3.63, 3.8) is 0 Å². The Morgan fingerprint density at radius 1 is 1.36 bits per heavy atom. The first kappa shape index (κ1) is 15.4. The van der Waals surface area contributed by atoms with Gasteiger partial charge in [0.15, 0.2) is 0 Å². The van der Waals surface area contributed by atoms with Crippen molar-refractivity contribution >= 4 is 5.91 Å². The molecule has 0 N–H and O–H groups in total. The minimum absolute atomic E-state index is 0.127. The fraction of sp³-hybridized carbons (Fsp3) is 0.647. The summed E-state index contributed by atoms with van der Waals surface area (Å²) in [6.45, 7) is 5.74. The SMILES string of the molecule is COCCN1CC[C@]2(CCCN(C(=O)c3cccnc3)C2)C1. The predicted octanol–water partition coefficient (Wildman–Crippen LogP) is 1.66. The van der Waals surface area contributed by atoms with Crippen LogP contribution in [0.5, 0.6) is 0 Å². The van der Waals surface area contributed by atoms with Gasteiger partial charge in [-0.1, -0.05) is 0 Å². The largest absolute Gasteiger partial charge is 0.383 e. The molecule has 120 valence electrons. The second kappa shape index (κ2) is 6.75. The fourth-order valence-corrected chi connectivity index (χ4v) is 3.83. The summed E-state index contributed by atoms with van der Waals surface area (Å²) in [6, 6.07) is 3.69. The molecule has 1 aromatic heterocycles. The lowest BCUT2D eigenvalue weighted by molar-refractivity contribution is 0.0519. The average Bonchev–Trinajstić information content (AvgIpc) is 2.95. The van der Waals surface area contributed by atoms with Crippen molar-refractivity contribution in [1.82, 2.24) is 14.8 Å². The third kappa shape index (κ3) is 3.31. The lowest BCUT2D eigenvalue weighted by atomic mass is 9.79. The molecule has 0 saturated carbocycles. The normalized spacial score (nSPS) is 25.8. The van der Waals surface area contributed by atoms with Crippen LogP contribution in [0.4, 0.5) is 0 Å². The topological polar surface area (TPSA) is 45.7 Å². The van der Waals surface area contributed by atoms with Crippen molar-refractivity contribution in [2.75, 3.05) is 46.4 Å². The molecule has 0 unspecified atom stereocenters. The second-order valence-corrected chi connectivity index (χ2v) is 6.59. The molecule has 3 rings (SSSR count).